The highest BCUT2D eigenvalue weighted by Crippen LogP contribution is 2.28. The van der Waals surface area contributed by atoms with Crippen molar-refractivity contribution in [1.29, 1.82) is 0 Å². The Kier molecular flexibility index (Phi) is 4.67. The van der Waals surface area contributed by atoms with E-state index in [1.807, 2.05) is 12.1 Å². The highest BCUT2D eigenvalue weighted by molar-refractivity contribution is 9.10. The topological polar surface area (TPSA) is 35.0 Å². The number of hydrogen-bond acceptors (Lipinski definition) is 3. The van der Waals surface area contributed by atoms with E-state index in [1.165, 1.54) is 5.56 Å². The Morgan fingerprint density at radius 1 is 1.10 bits per heavy atom. The molecule has 0 fully saturated rings. The Bertz CT molecular complexity index is 633. The van der Waals surface area contributed by atoms with Crippen molar-refractivity contribution in [2.24, 2.45) is 0 Å². The lowest BCUT2D eigenvalue weighted by Crippen LogP contribution is -2.16. The average molecular weight is 349 g/mol. The zero-order valence-corrected chi connectivity index (χ0v) is 14.7. The molecule has 1 aromatic heterocycles. The third-order valence-electron chi connectivity index (χ3n) is 3.09. The second kappa shape index (κ2) is 6.14. The monoisotopic (exact) mass is 348 g/mol. The van der Waals surface area contributed by atoms with Gasteiger partial charge in [0.25, 0.3) is 0 Å². The van der Waals surface area contributed by atoms with Gasteiger partial charge in [-0.3, -0.25) is 0 Å². The van der Waals surface area contributed by atoms with E-state index in [4.69, 9.17) is 4.74 Å². The van der Waals surface area contributed by atoms with Crippen LogP contribution in [0.3, 0.4) is 0 Å². The predicted octanol–water partition coefficient (Wildman–Crippen LogP) is 5.45. The molecule has 0 amide bonds. The quantitative estimate of drug-likeness (QED) is 0.691. The molecular formula is C17H21BrN2O. The molecule has 2 rings (SSSR count). The summed E-state index contributed by atoms with van der Waals surface area (Å²) in [5.41, 5.74) is 1.12. The maximum absolute atomic E-state index is 5.90. The molecule has 0 saturated heterocycles. The fraction of sp³-hybridized carbons (Fsp3) is 0.412. The zero-order valence-electron chi connectivity index (χ0n) is 13.1. The van der Waals surface area contributed by atoms with Crippen molar-refractivity contribution in [3.8, 4) is 11.6 Å². The van der Waals surface area contributed by atoms with Gasteiger partial charge in [0.15, 0.2) is 0 Å². The standard InChI is InChI=1S/C17H21BrN2O/c1-11(2)12-7-6-8-13(9-12)21-15-10-14(18)19-16(20-15)17(3,4)5/h6-11H,1-5H3. The van der Waals surface area contributed by atoms with Crippen LogP contribution in [0.2, 0.25) is 0 Å². The predicted molar refractivity (Wildman–Crippen MR) is 89.0 cm³/mol. The summed E-state index contributed by atoms with van der Waals surface area (Å²) in [6, 6.07) is 9.90. The fourth-order valence-electron chi connectivity index (χ4n) is 1.84. The SMILES string of the molecule is CC(C)c1cccc(Oc2cc(Br)nc(C(C)(C)C)n2)c1. The highest BCUT2D eigenvalue weighted by atomic mass is 79.9. The molecule has 0 aliphatic carbocycles. The Hall–Kier alpha value is -1.42. The Morgan fingerprint density at radius 3 is 2.43 bits per heavy atom. The van der Waals surface area contributed by atoms with Gasteiger partial charge in [-0.25, -0.2) is 4.98 Å². The summed E-state index contributed by atoms with van der Waals surface area (Å²) in [5, 5.41) is 0. The van der Waals surface area contributed by atoms with E-state index < -0.39 is 0 Å². The van der Waals surface area contributed by atoms with Gasteiger partial charge in [0.2, 0.25) is 5.88 Å². The fourth-order valence-corrected chi connectivity index (χ4v) is 2.21. The van der Waals surface area contributed by atoms with E-state index in [0.717, 1.165) is 16.2 Å². The van der Waals surface area contributed by atoms with Crippen molar-refractivity contribution in [1.82, 2.24) is 9.97 Å². The summed E-state index contributed by atoms with van der Waals surface area (Å²) in [5.74, 6) is 2.58. The number of halogens is 1. The molecule has 4 heteroatoms. The first-order valence-corrected chi connectivity index (χ1v) is 7.88. The van der Waals surface area contributed by atoms with Gasteiger partial charge in [0.05, 0.1) is 0 Å². The first-order chi connectivity index (χ1) is 9.75. The molecule has 2 aromatic rings. The van der Waals surface area contributed by atoms with Crippen LogP contribution in [0.15, 0.2) is 34.9 Å². The van der Waals surface area contributed by atoms with Crippen LogP contribution < -0.4 is 4.74 Å². The lowest BCUT2D eigenvalue weighted by Gasteiger charge is -2.17. The maximum Gasteiger partial charge on any atom is 0.223 e. The van der Waals surface area contributed by atoms with Gasteiger partial charge >= 0.3 is 0 Å². The molecule has 0 N–H and O–H groups in total. The second-order valence-corrected chi connectivity index (χ2v) is 7.24. The van der Waals surface area contributed by atoms with Crippen LogP contribution in [0.5, 0.6) is 11.6 Å². The number of hydrogen-bond donors (Lipinski definition) is 0. The number of benzene rings is 1. The molecule has 0 saturated carbocycles. The van der Waals surface area contributed by atoms with Gasteiger partial charge in [0.1, 0.15) is 16.2 Å². The molecule has 3 nitrogen and oxygen atoms in total. The van der Waals surface area contributed by atoms with Crippen molar-refractivity contribution in [3.05, 3.63) is 46.3 Å². The minimum absolute atomic E-state index is 0.123. The highest BCUT2D eigenvalue weighted by Gasteiger charge is 2.19. The number of rotatable bonds is 3. The smallest absolute Gasteiger partial charge is 0.223 e. The van der Waals surface area contributed by atoms with E-state index in [0.29, 0.717) is 11.8 Å². The average Bonchev–Trinajstić information content (AvgIpc) is 2.37. The van der Waals surface area contributed by atoms with Crippen molar-refractivity contribution in [2.45, 2.75) is 46.0 Å². The van der Waals surface area contributed by atoms with Crippen LogP contribution in [0, 0.1) is 0 Å². The van der Waals surface area contributed by atoms with E-state index in [-0.39, 0.29) is 5.41 Å². The summed E-state index contributed by atoms with van der Waals surface area (Å²) in [6.45, 7) is 10.6. The molecule has 112 valence electrons. The molecule has 1 heterocycles. The Labute approximate surface area is 134 Å². The maximum atomic E-state index is 5.90. The zero-order chi connectivity index (χ0) is 15.6. The van der Waals surface area contributed by atoms with Crippen molar-refractivity contribution in [3.63, 3.8) is 0 Å². The van der Waals surface area contributed by atoms with Crippen LogP contribution in [0.25, 0.3) is 0 Å². The van der Waals surface area contributed by atoms with Crippen molar-refractivity contribution < 1.29 is 4.74 Å². The third kappa shape index (κ3) is 4.27. The Balaban J connectivity index is 2.31. The van der Waals surface area contributed by atoms with Crippen molar-refractivity contribution >= 4 is 15.9 Å². The Morgan fingerprint density at radius 2 is 1.81 bits per heavy atom. The molecule has 0 bridgehead atoms. The summed E-state index contributed by atoms with van der Waals surface area (Å²) < 4.78 is 6.64. The molecule has 21 heavy (non-hydrogen) atoms. The van der Waals surface area contributed by atoms with Gasteiger partial charge < -0.3 is 4.74 Å². The normalized spacial score (nSPS) is 11.8. The molecular weight excluding hydrogens is 328 g/mol. The summed E-state index contributed by atoms with van der Waals surface area (Å²) in [7, 11) is 0. The summed E-state index contributed by atoms with van der Waals surface area (Å²) >= 11 is 3.43. The van der Waals surface area contributed by atoms with E-state index >= 15 is 0 Å². The largest absolute Gasteiger partial charge is 0.439 e. The van der Waals surface area contributed by atoms with Gasteiger partial charge in [-0.2, -0.15) is 4.98 Å². The van der Waals surface area contributed by atoms with Crippen LogP contribution in [0.1, 0.15) is 51.9 Å². The van der Waals surface area contributed by atoms with Gasteiger partial charge in [-0.15, -0.1) is 0 Å². The van der Waals surface area contributed by atoms with Crippen LogP contribution >= 0.6 is 15.9 Å². The molecule has 0 atom stereocenters. The first kappa shape index (κ1) is 16.0. The summed E-state index contributed by atoms with van der Waals surface area (Å²) in [6.07, 6.45) is 0. The molecule has 0 spiro atoms. The van der Waals surface area contributed by atoms with Crippen LogP contribution in [0.4, 0.5) is 0 Å². The molecule has 0 unspecified atom stereocenters. The minimum atomic E-state index is -0.123. The third-order valence-corrected chi connectivity index (χ3v) is 3.50. The van der Waals surface area contributed by atoms with Crippen molar-refractivity contribution in [2.75, 3.05) is 0 Å². The van der Waals surface area contributed by atoms with E-state index in [1.54, 1.807) is 6.07 Å². The van der Waals surface area contributed by atoms with Crippen LogP contribution in [-0.2, 0) is 5.41 Å². The van der Waals surface area contributed by atoms with Crippen LogP contribution in [-0.4, -0.2) is 9.97 Å². The number of aromatic nitrogens is 2. The molecule has 0 radical (unpaired) electrons. The van der Waals surface area contributed by atoms with Gasteiger partial charge in [-0.1, -0.05) is 46.8 Å². The number of nitrogens with zero attached hydrogens (tertiary/aromatic N) is 2. The van der Waals surface area contributed by atoms with Gasteiger partial charge in [-0.05, 0) is 39.5 Å². The molecule has 0 aliphatic rings. The second-order valence-electron chi connectivity index (χ2n) is 6.43. The molecule has 0 aliphatic heterocycles. The minimum Gasteiger partial charge on any atom is -0.439 e. The lowest BCUT2D eigenvalue weighted by atomic mass is 9.96. The first-order valence-electron chi connectivity index (χ1n) is 7.08. The molecule has 1 aromatic carbocycles. The van der Waals surface area contributed by atoms with E-state index in [9.17, 15) is 0 Å². The lowest BCUT2D eigenvalue weighted by molar-refractivity contribution is 0.444. The summed E-state index contributed by atoms with van der Waals surface area (Å²) in [4.78, 5) is 8.93. The van der Waals surface area contributed by atoms with Gasteiger partial charge in [0, 0.05) is 11.5 Å². The van der Waals surface area contributed by atoms with E-state index in [2.05, 4.69) is 72.6 Å². The number of ether oxygens (including phenoxy) is 1.